The van der Waals surface area contributed by atoms with Crippen molar-refractivity contribution in [2.45, 2.75) is 33.6 Å². The first-order valence-corrected chi connectivity index (χ1v) is 7.56. The molecule has 2 nitrogen and oxygen atoms in total. The highest BCUT2D eigenvalue weighted by Crippen LogP contribution is 2.20. The van der Waals surface area contributed by atoms with E-state index in [1.54, 1.807) is 6.08 Å². The molecule has 0 rings (SSSR count). The van der Waals surface area contributed by atoms with Gasteiger partial charge in [-0.05, 0) is 37.0 Å². The van der Waals surface area contributed by atoms with Crippen LogP contribution in [0.5, 0.6) is 0 Å². The molecule has 0 radical (unpaired) electrons. The van der Waals surface area contributed by atoms with Crippen molar-refractivity contribution in [3.63, 3.8) is 0 Å². The molecular weight excluding hydrogens is 284 g/mol. The standard InChI is InChI=1S/C18H24O2.C3H6/c1-7-15(4)18(10-11-20-13-19)12-17(6)16(5)9-8-14(2)3;1-3-2/h8-9,12-13H,2,4-7,10-11H2,1,3H3;3H,1H2,2H3/b9-8-,18-12-;. The van der Waals surface area contributed by atoms with Gasteiger partial charge >= 0.3 is 0 Å². The minimum atomic E-state index is 0.343. The average Bonchev–Trinajstić information content (AvgIpc) is 2.51. The minimum Gasteiger partial charge on any atom is -0.468 e. The number of rotatable bonds is 10. The Bertz CT molecular complexity index is 502. The average molecular weight is 314 g/mol. The van der Waals surface area contributed by atoms with Crippen molar-refractivity contribution in [2.75, 3.05) is 6.61 Å². The van der Waals surface area contributed by atoms with E-state index in [4.69, 9.17) is 4.74 Å². The maximum atomic E-state index is 10.2. The first-order chi connectivity index (χ1) is 10.8. The van der Waals surface area contributed by atoms with Crippen LogP contribution < -0.4 is 0 Å². The van der Waals surface area contributed by atoms with Crippen LogP contribution in [0, 0.1) is 0 Å². The van der Waals surface area contributed by atoms with Gasteiger partial charge in [0.15, 0.2) is 0 Å². The summed E-state index contributed by atoms with van der Waals surface area (Å²) in [6, 6.07) is 0. The monoisotopic (exact) mass is 314 g/mol. The number of hydrogen-bond acceptors (Lipinski definition) is 2. The molecule has 0 fully saturated rings. The molecule has 0 aliphatic heterocycles. The van der Waals surface area contributed by atoms with Crippen molar-refractivity contribution in [3.05, 3.63) is 85.1 Å². The number of hydrogen-bond donors (Lipinski definition) is 0. The Morgan fingerprint density at radius 2 is 1.65 bits per heavy atom. The van der Waals surface area contributed by atoms with Crippen LogP contribution in [-0.2, 0) is 9.53 Å². The Labute approximate surface area is 141 Å². The Morgan fingerprint density at radius 3 is 2.09 bits per heavy atom. The summed E-state index contributed by atoms with van der Waals surface area (Å²) in [7, 11) is 0. The maximum absolute atomic E-state index is 10.2. The number of carbonyl (C=O) groups is 1. The van der Waals surface area contributed by atoms with E-state index < -0.39 is 0 Å². The van der Waals surface area contributed by atoms with Gasteiger partial charge in [0.25, 0.3) is 6.47 Å². The Kier molecular flexibility index (Phi) is 14.5. The second-order valence-corrected chi connectivity index (χ2v) is 4.98. The van der Waals surface area contributed by atoms with E-state index in [1.807, 2.05) is 39.0 Å². The molecule has 0 amide bonds. The zero-order valence-corrected chi connectivity index (χ0v) is 14.9. The van der Waals surface area contributed by atoms with Gasteiger partial charge in [-0.2, -0.15) is 0 Å². The van der Waals surface area contributed by atoms with Crippen LogP contribution >= 0.6 is 0 Å². The molecule has 0 aliphatic carbocycles. The van der Waals surface area contributed by atoms with Crippen molar-refractivity contribution in [1.82, 2.24) is 0 Å². The van der Waals surface area contributed by atoms with Crippen LogP contribution in [0.4, 0.5) is 0 Å². The van der Waals surface area contributed by atoms with E-state index in [0.717, 1.165) is 34.3 Å². The Morgan fingerprint density at radius 1 is 1.09 bits per heavy atom. The van der Waals surface area contributed by atoms with Crippen LogP contribution in [0.3, 0.4) is 0 Å². The largest absolute Gasteiger partial charge is 0.468 e. The lowest BCUT2D eigenvalue weighted by atomic mass is 9.97. The molecule has 0 aromatic carbocycles. The summed E-state index contributed by atoms with van der Waals surface area (Å²) in [5.74, 6) is 0. The van der Waals surface area contributed by atoms with E-state index in [2.05, 4.69) is 32.9 Å². The number of ether oxygens (including phenoxy) is 1. The third-order valence-electron chi connectivity index (χ3n) is 2.77. The fraction of sp³-hybridized carbons (Fsp3) is 0.286. The minimum absolute atomic E-state index is 0.343. The van der Waals surface area contributed by atoms with Crippen molar-refractivity contribution < 1.29 is 9.53 Å². The van der Waals surface area contributed by atoms with Crippen LogP contribution in [0.2, 0.25) is 0 Å². The van der Waals surface area contributed by atoms with Crippen molar-refractivity contribution in [1.29, 1.82) is 0 Å². The lowest BCUT2D eigenvalue weighted by Crippen LogP contribution is -1.97. The summed E-state index contributed by atoms with van der Waals surface area (Å²) >= 11 is 0. The molecule has 0 bridgehead atoms. The SMILES string of the molecule is C=C(C)/C=C\C(=C)C(=C)/C=C(/CCOC=O)C(=C)CC.C=CC. The van der Waals surface area contributed by atoms with Gasteiger partial charge in [0, 0.05) is 6.42 Å². The van der Waals surface area contributed by atoms with E-state index in [9.17, 15) is 4.79 Å². The summed E-state index contributed by atoms with van der Waals surface area (Å²) in [6.07, 6.45) is 8.95. The van der Waals surface area contributed by atoms with E-state index in [-0.39, 0.29) is 0 Å². The van der Waals surface area contributed by atoms with Gasteiger partial charge in [-0.15, -0.1) is 6.58 Å². The van der Waals surface area contributed by atoms with Crippen molar-refractivity contribution in [3.8, 4) is 0 Å². The molecule has 23 heavy (non-hydrogen) atoms. The topological polar surface area (TPSA) is 26.3 Å². The van der Waals surface area contributed by atoms with Gasteiger partial charge in [0.2, 0.25) is 0 Å². The molecule has 0 unspecified atom stereocenters. The van der Waals surface area contributed by atoms with E-state index >= 15 is 0 Å². The quantitative estimate of drug-likeness (QED) is 0.218. The summed E-state index contributed by atoms with van der Waals surface area (Å²) < 4.78 is 4.74. The Hall–Kier alpha value is -2.35. The van der Waals surface area contributed by atoms with E-state index in [0.29, 0.717) is 19.5 Å². The van der Waals surface area contributed by atoms with Gasteiger partial charge in [-0.1, -0.05) is 68.7 Å². The third-order valence-corrected chi connectivity index (χ3v) is 2.77. The molecular formula is C21H30O2. The number of carbonyl (C=O) groups excluding carboxylic acids is 1. The fourth-order valence-electron chi connectivity index (χ4n) is 1.45. The number of allylic oxidation sites excluding steroid dienone is 8. The molecule has 0 saturated carbocycles. The van der Waals surface area contributed by atoms with Crippen molar-refractivity contribution >= 4 is 6.47 Å². The summed E-state index contributed by atoms with van der Waals surface area (Å²) in [4.78, 5) is 10.2. The van der Waals surface area contributed by atoms with Gasteiger partial charge in [-0.25, -0.2) is 0 Å². The molecule has 0 spiro atoms. The van der Waals surface area contributed by atoms with Crippen molar-refractivity contribution in [2.24, 2.45) is 0 Å². The predicted octanol–water partition coefficient (Wildman–Crippen LogP) is 5.88. The molecule has 0 aliphatic rings. The first kappa shape index (κ1) is 22.9. The highest BCUT2D eigenvalue weighted by molar-refractivity contribution is 5.48. The van der Waals surface area contributed by atoms with E-state index in [1.165, 1.54) is 0 Å². The second-order valence-electron chi connectivity index (χ2n) is 4.98. The second kappa shape index (κ2) is 14.6. The first-order valence-electron chi connectivity index (χ1n) is 7.56. The molecule has 2 heteroatoms. The smallest absolute Gasteiger partial charge is 0.293 e. The summed E-state index contributed by atoms with van der Waals surface area (Å²) in [6.45, 7) is 25.8. The predicted molar refractivity (Wildman–Crippen MR) is 102 cm³/mol. The van der Waals surface area contributed by atoms with Gasteiger partial charge in [-0.3, -0.25) is 4.79 Å². The zero-order valence-electron chi connectivity index (χ0n) is 14.9. The molecule has 0 aromatic heterocycles. The van der Waals surface area contributed by atoms with Crippen LogP contribution in [0.1, 0.15) is 33.6 Å². The molecule has 0 N–H and O–H groups in total. The molecule has 0 saturated heterocycles. The normalized spacial score (nSPS) is 10.3. The Balaban J connectivity index is 0. The molecule has 126 valence electrons. The molecule has 0 heterocycles. The van der Waals surface area contributed by atoms with Crippen LogP contribution in [0.15, 0.2) is 85.1 Å². The highest BCUT2D eigenvalue weighted by atomic mass is 16.5. The lowest BCUT2D eigenvalue weighted by Gasteiger charge is -2.10. The molecule has 0 aromatic rings. The van der Waals surface area contributed by atoms with Gasteiger partial charge in [0.1, 0.15) is 0 Å². The molecule has 0 atom stereocenters. The zero-order chi connectivity index (χ0) is 18.3. The fourth-order valence-corrected chi connectivity index (χ4v) is 1.45. The summed E-state index contributed by atoms with van der Waals surface area (Å²) in [5, 5.41) is 0. The van der Waals surface area contributed by atoms with Crippen LogP contribution in [-0.4, -0.2) is 13.1 Å². The highest BCUT2D eigenvalue weighted by Gasteiger charge is 2.03. The van der Waals surface area contributed by atoms with Gasteiger partial charge in [0.05, 0.1) is 6.61 Å². The van der Waals surface area contributed by atoms with Crippen LogP contribution in [0.25, 0.3) is 0 Å². The summed E-state index contributed by atoms with van der Waals surface area (Å²) in [5.41, 5.74) is 4.64. The lowest BCUT2D eigenvalue weighted by molar-refractivity contribution is -0.128. The third kappa shape index (κ3) is 13.1. The van der Waals surface area contributed by atoms with Gasteiger partial charge < -0.3 is 4.74 Å². The maximum Gasteiger partial charge on any atom is 0.293 e.